The highest BCUT2D eigenvalue weighted by atomic mass is 16.5. The fourth-order valence-corrected chi connectivity index (χ4v) is 2.94. The number of aliphatic carboxylic acids is 1. The van der Waals surface area contributed by atoms with E-state index in [4.69, 9.17) is 19.3 Å². The molecule has 1 fully saturated rings. The maximum absolute atomic E-state index is 12.4. The van der Waals surface area contributed by atoms with Crippen LogP contribution in [0.1, 0.15) is 6.42 Å². The summed E-state index contributed by atoms with van der Waals surface area (Å²) < 4.78 is 15.8. The largest absolute Gasteiger partial charge is 0.493 e. The average Bonchev–Trinajstić information content (AvgIpc) is 3.00. The number of ether oxygens (including phenoxy) is 3. The number of amides is 2. The molecule has 0 radical (unpaired) electrons. The molecule has 1 atom stereocenters. The molecule has 2 rings (SSSR count). The summed E-state index contributed by atoms with van der Waals surface area (Å²) in [6.45, 7) is -0.256. The van der Waals surface area contributed by atoms with Crippen molar-refractivity contribution in [1.82, 2.24) is 4.90 Å². The quantitative estimate of drug-likeness (QED) is 0.753. The zero-order chi connectivity index (χ0) is 19.4. The zero-order valence-corrected chi connectivity index (χ0v) is 15.1. The molecule has 9 heteroatoms. The fourth-order valence-electron chi connectivity index (χ4n) is 2.94. The van der Waals surface area contributed by atoms with Gasteiger partial charge in [-0.15, -0.1) is 0 Å². The van der Waals surface area contributed by atoms with Crippen molar-refractivity contribution in [3.05, 3.63) is 12.1 Å². The smallest absolute Gasteiger partial charge is 0.323 e. The van der Waals surface area contributed by atoms with Gasteiger partial charge in [-0.25, -0.2) is 0 Å². The second-order valence-electron chi connectivity index (χ2n) is 5.88. The van der Waals surface area contributed by atoms with Crippen LogP contribution in [0.4, 0.5) is 5.69 Å². The summed E-state index contributed by atoms with van der Waals surface area (Å²) in [5, 5.41) is 8.81. The molecule has 1 saturated heterocycles. The summed E-state index contributed by atoms with van der Waals surface area (Å²) in [5.74, 6) is -1.13. The first-order valence-corrected chi connectivity index (χ1v) is 7.89. The highest BCUT2D eigenvalue weighted by molar-refractivity contribution is 6.01. The van der Waals surface area contributed by atoms with Crippen LogP contribution in [0.5, 0.6) is 17.2 Å². The minimum atomic E-state index is -1.10. The number of carbonyl (C=O) groups excluding carboxylic acids is 2. The van der Waals surface area contributed by atoms with Gasteiger partial charge < -0.3 is 29.1 Å². The van der Waals surface area contributed by atoms with Crippen LogP contribution >= 0.6 is 0 Å². The molecule has 0 aromatic heterocycles. The summed E-state index contributed by atoms with van der Waals surface area (Å²) >= 11 is 0. The minimum absolute atomic E-state index is 0.0133. The van der Waals surface area contributed by atoms with Gasteiger partial charge in [0.15, 0.2) is 11.5 Å². The van der Waals surface area contributed by atoms with Gasteiger partial charge in [0.05, 0.1) is 32.9 Å². The average molecular weight is 366 g/mol. The van der Waals surface area contributed by atoms with E-state index in [-0.39, 0.29) is 24.8 Å². The summed E-state index contributed by atoms with van der Waals surface area (Å²) in [4.78, 5) is 38.1. The lowest BCUT2D eigenvalue weighted by atomic mass is 10.1. The van der Waals surface area contributed by atoms with Crippen molar-refractivity contribution in [2.45, 2.75) is 6.42 Å². The summed E-state index contributed by atoms with van der Waals surface area (Å²) in [6.07, 6.45) is 0.0133. The summed E-state index contributed by atoms with van der Waals surface area (Å²) in [5.41, 5.74) is 0.515. The van der Waals surface area contributed by atoms with Gasteiger partial charge in [-0.2, -0.15) is 0 Å². The molecule has 2 amide bonds. The second kappa shape index (κ2) is 7.94. The van der Waals surface area contributed by atoms with Crippen LogP contribution in [0.15, 0.2) is 12.1 Å². The maximum atomic E-state index is 12.4. The number of carboxylic acid groups (broad SMARTS) is 1. The van der Waals surface area contributed by atoms with E-state index < -0.39 is 18.4 Å². The third-order valence-electron chi connectivity index (χ3n) is 4.18. The highest BCUT2D eigenvalue weighted by Gasteiger charge is 2.37. The number of benzene rings is 1. The first kappa shape index (κ1) is 19.4. The van der Waals surface area contributed by atoms with Gasteiger partial charge in [0, 0.05) is 32.1 Å². The second-order valence-corrected chi connectivity index (χ2v) is 5.88. The Bertz CT molecular complexity index is 694. The molecule has 1 aromatic rings. The summed E-state index contributed by atoms with van der Waals surface area (Å²) in [7, 11) is 5.83. The molecule has 0 spiro atoms. The van der Waals surface area contributed by atoms with Gasteiger partial charge in [-0.1, -0.05) is 0 Å². The van der Waals surface area contributed by atoms with Crippen LogP contribution in [0.2, 0.25) is 0 Å². The van der Waals surface area contributed by atoms with Crippen LogP contribution in [0, 0.1) is 5.92 Å². The number of hydrogen-bond donors (Lipinski definition) is 1. The molecular weight excluding hydrogens is 344 g/mol. The van der Waals surface area contributed by atoms with Crippen molar-refractivity contribution >= 4 is 23.5 Å². The predicted molar refractivity (Wildman–Crippen MR) is 91.8 cm³/mol. The van der Waals surface area contributed by atoms with Crippen LogP contribution in [-0.4, -0.2) is 69.3 Å². The van der Waals surface area contributed by atoms with Gasteiger partial charge in [-0.05, 0) is 0 Å². The number of rotatable bonds is 7. The molecule has 1 N–H and O–H groups in total. The van der Waals surface area contributed by atoms with Crippen molar-refractivity contribution in [2.24, 2.45) is 5.92 Å². The Hall–Kier alpha value is -2.97. The van der Waals surface area contributed by atoms with E-state index in [1.165, 1.54) is 33.3 Å². The van der Waals surface area contributed by atoms with E-state index in [9.17, 15) is 14.4 Å². The van der Waals surface area contributed by atoms with Crippen molar-refractivity contribution in [1.29, 1.82) is 0 Å². The topological polar surface area (TPSA) is 106 Å². The van der Waals surface area contributed by atoms with E-state index in [0.717, 1.165) is 4.90 Å². The monoisotopic (exact) mass is 366 g/mol. The van der Waals surface area contributed by atoms with E-state index in [1.54, 1.807) is 12.1 Å². The molecule has 1 heterocycles. The first-order valence-electron chi connectivity index (χ1n) is 7.89. The Morgan fingerprint density at radius 3 is 2.23 bits per heavy atom. The van der Waals surface area contributed by atoms with Crippen molar-refractivity contribution in [3.8, 4) is 17.2 Å². The number of methoxy groups -OCH3 is 3. The van der Waals surface area contributed by atoms with Crippen molar-refractivity contribution < 1.29 is 33.7 Å². The molecule has 26 heavy (non-hydrogen) atoms. The fraction of sp³-hybridized carbons (Fsp3) is 0.471. The normalized spacial score (nSPS) is 16.4. The molecule has 0 saturated carbocycles. The third kappa shape index (κ3) is 3.81. The van der Waals surface area contributed by atoms with Crippen molar-refractivity contribution in [2.75, 3.05) is 46.4 Å². The van der Waals surface area contributed by atoms with E-state index in [2.05, 4.69) is 0 Å². The van der Waals surface area contributed by atoms with Crippen molar-refractivity contribution in [3.63, 3.8) is 0 Å². The molecule has 1 aliphatic heterocycles. The van der Waals surface area contributed by atoms with E-state index in [1.807, 2.05) is 0 Å². The number of nitrogens with zero attached hydrogens (tertiary/aromatic N) is 2. The first-order chi connectivity index (χ1) is 12.3. The lowest BCUT2D eigenvalue weighted by Gasteiger charge is -2.21. The lowest BCUT2D eigenvalue weighted by molar-refractivity contribution is -0.145. The molecule has 1 aliphatic rings. The Balaban J connectivity index is 2.26. The Labute approximate surface area is 151 Å². The Morgan fingerprint density at radius 2 is 1.77 bits per heavy atom. The third-order valence-corrected chi connectivity index (χ3v) is 4.18. The minimum Gasteiger partial charge on any atom is -0.493 e. The molecule has 0 aliphatic carbocycles. The Morgan fingerprint density at radius 1 is 1.19 bits per heavy atom. The van der Waals surface area contributed by atoms with Crippen LogP contribution in [-0.2, 0) is 14.4 Å². The molecule has 1 aromatic carbocycles. The van der Waals surface area contributed by atoms with Gasteiger partial charge in [-0.3, -0.25) is 14.4 Å². The number of carbonyl (C=O) groups is 3. The van der Waals surface area contributed by atoms with Crippen LogP contribution in [0.3, 0.4) is 0 Å². The zero-order valence-electron chi connectivity index (χ0n) is 15.1. The number of anilines is 1. The maximum Gasteiger partial charge on any atom is 0.323 e. The highest BCUT2D eigenvalue weighted by Crippen LogP contribution is 2.42. The molecule has 0 bridgehead atoms. The van der Waals surface area contributed by atoms with Crippen LogP contribution in [0.25, 0.3) is 0 Å². The molecule has 142 valence electrons. The standard InChI is InChI=1S/C17H22N2O7/c1-18(9-15(21)22)17(23)10-5-14(20)19(8-10)11-6-12(24-2)16(26-4)13(7-11)25-3/h6-7,10H,5,8-9H2,1-4H3,(H,21,22). The van der Waals surface area contributed by atoms with Gasteiger partial charge >= 0.3 is 5.97 Å². The number of likely N-dealkylation sites (N-methyl/N-ethyl adjacent to an activating group) is 1. The molecular formula is C17H22N2O7. The SMILES string of the molecule is COc1cc(N2CC(C(=O)N(C)CC(=O)O)CC2=O)cc(OC)c1OC. The lowest BCUT2D eigenvalue weighted by Crippen LogP contribution is -2.37. The van der Waals surface area contributed by atoms with E-state index in [0.29, 0.717) is 22.9 Å². The van der Waals surface area contributed by atoms with Gasteiger partial charge in [0.1, 0.15) is 6.54 Å². The van der Waals surface area contributed by atoms with Crippen LogP contribution < -0.4 is 19.1 Å². The van der Waals surface area contributed by atoms with Gasteiger partial charge in [0.25, 0.3) is 0 Å². The molecule has 9 nitrogen and oxygen atoms in total. The Kier molecular flexibility index (Phi) is 5.91. The van der Waals surface area contributed by atoms with Gasteiger partial charge in [0.2, 0.25) is 17.6 Å². The number of hydrogen-bond acceptors (Lipinski definition) is 6. The van der Waals surface area contributed by atoms with E-state index >= 15 is 0 Å². The predicted octanol–water partition coefficient (Wildman–Crippen LogP) is 0.608. The summed E-state index contributed by atoms with van der Waals surface area (Å²) in [6, 6.07) is 3.26. The number of carboxylic acids is 1. The molecule has 1 unspecified atom stereocenters.